The fourth-order valence-corrected chi connectivity index (χ4v) is 2.04. The van der Waals surface area contributed by atoms with E-state index in [0.717, 1.165) is 6.42 Å². The Morgan fingerprint density at radius 3 is 2.50 bits per heavy atom. The molecule has 0 aromatic heterocycles. The number of nitrogens with one attached hydrogen (secondary N) is 1. The highest BCUT2D eigenvalue weighted by atomic mass is 35.5. The molecule has 106 valence electrons. The van der Waals surface area contributed by atoms with Gasteiger partial charge in [0.15, 0.2) is 0 Å². The minimum Gasteiger partial charge on any atom is -0.478 e. The number of rotatable bonds is 6. The number of terminal acetylenes is 1. The molecule has 0 aliphatic rings. The number of hydrogen-bond donors (Lipinski definition) is 2. The van der Waals surface area contributed by atoms with Crippen molar-refractivity contribution < 1.29 is 14.7 Å². The summed E-state index contributed by atoms with van der Waals surface area (Å²) in [5.74, 6) is 0.909. The van der Waals surface area contributed by atoms with Crippen LogP contribution in [0.5, 0.6) is 0 Å². The maximum absolute atomic E-state index is 11.8. The molecule has 2 N–H and O–H groups in total. The van der Waals surface area contributed by atoms with Gasteiger partial charge in [-0.2, -0.15) is 0 Å². The van der Waals surface area contributed by atoms with Crippen LogP contribution in [0.25, 0.3) is 0 Å². The highest BCUT2D eigenvalue weighted by Crippen LogP contribution is 2.32. The standard InChI is InChI=1S/C14H13Cl2NO3/c1-2-3-4-5-6-11(18)17-13-10(16)8-7-9(15)12(13)14(19)20/h1,7-8H,3-6H2,(H,17,18)(H,19,20). The van der Waals surface area contributed by atoms with Crippen LogP contribution in [0, 0.1) is 12.3 Å². The molecule has 0 spiro atoms. The summed E-state index contributed by atoms with van der Waals surface area (Å²) in [4.78, 5) is 22.9. The average molecular weight is 314 g/mol. The summed E-state index contributed by atoms with van der Waals surface area (Å²) in [5.41, 5.74) is -0.190. The summed E-state index contributed by atoms with van der Waals surface area (Å²) in [5, 5.41) is 11.7. The first kappa shape index (κ1) is 16.4. The number of carboxylic acid groups (broad SMARTS) is 1. The van der Waals surface area contributed by atoms with Gasteiger partial charge in [0.2, 0.25) is 5.91 Å². The molecule has 0 atom stereocenters. The Balaban J connectivity index is 2.82. The maximum atomic E-state index is 11.8. The van der Waals surface area contributed by atoms with E-state index in [1.165, 1.54) is 12.1 Å². The van der Waals surface area contributed by atoms with Gasteiger partial charge in [-0.3, -0.25) is 4.79 Å². The van der Waals surface area contributed by atoms with Crippen LogP contribution in [0.1, 0.15) is 36.0 Å². The molecule has 0 aliphatic carbocycles. The zero-order valence-electron chi connectivity index (χ0n) is 10.6. The van der Waals surface area contributed by atoms with E-state index in [9.17, 15) is 9.59 Å². The predicted octanol–water partition coefficient (Wildman–Crippen LogP) is 3.82. The van der Waals surface area contributed by atoms with Crippen LogP contribution in [0.2, 0.25) is 10.0 Å². The van der Waals surface area contributed by atoms with Gasteiger partial charge < -0.3 is 10.4 Å². The number of carbonyl (C=O) groups is 2. The molecule has 0 radical (unpaired) electrons. The molecule has 20 heavy (non-hydrogen) atoms. The maximum Gasteiger partial charge on any atom is 0.339 e. The minimum absolute atomic E-state index is 0.0181. The smallest absolute Gasteiger partial charge is 0.339 e. The van der Waals surface area contributed by atoms with Crippen LogP contribution in [-0.4, -0.2) is 17.0 Å². The number of aromatic carboxylic acids is 1. The van der Waals surface area contributed by atoms with Crippen molar-refractivity contribution in [3.05, 3.63) is 27.7 Å². The predicted molar refractivity (Wildman–Crippen MR) is 79.4 cm³/mol. The van der Waals surface area contributed by atoms with Gasteiger partial charge in [0.1, 0.15) is 5.56 Å². The normalized spacial score (nSPS) is 9.85. The highest BCUT2D eigenvalue weighted by molar-refractivity contribution is 6.38. The summed E-state index contributed by atoms with van der Waals surface area (Å²) >= 11 is 11.7. The van der Waals surface area contributed by atoms with Gasteiger partial charge in [-0.25, -0.2) is 4.79 Å². The molecule has 0 saturated carbocycles. The van der Waals surface area contributed by atoms with E-state index in [4.69, 9.17) is 34.7 Å². The van der Waals surface area contributed by atoms with Crippen molar-refractivity contribution in [3.63, 3.8) is 0 Å². The molecule has 4 nitrogen and oxygen atoms in total. The van der Waals surface area contributed by atoms with Crippen molar-refractivity contribution in [3.8, 4) is 12.3 Å². The van der Waals surface area contributed by atoms with E-state index < -0.39 is 5.97 Å². The second-order valence-electron chi connectivity index (χ2n) is 4.04. The van der Waals surface area contributed by atoms with Crippen LogP contribution in [0.15, 0.2) is 12.1 Å². The van der Waals surface area contributed by atoms with Gasteiger partial charge in [0.05, 0.1) is 15.7 Å². The van der Waals surface area contributed by atoms with E-state index in [1.807, 2.05) is 0 Å². The number of benzene rings is 1. The topological polar surface area (TPSA) is 66.4 Å². The molecule has 0 aliphatic heterocycles. The highest BCUT2D eigenvalue weighted by Gasteiger charge is 2.19. The Morgan fingerprint density at radius 2 is 1.90 bits per heavy atom. The SMILES string of the molecule is C#CCCCCC(=O)Nc1c(Cl)ccc(Cl)c1C(=O)O. The Hall–Kier alpha value is -1.70. The third kappa shape index (κ3) is 4.44. The quantitative estimate of drug-likeness (QED) is 0.619. The minimum atomic E-state index is -1.25. The van der Waals surface area contributed by atoms with Crippen LogP contribution in [0.4, 0.5) is 5.69 Å². The second kappa shape index (κ2) is 7.78. The average Bonchev–Trinajstić information content (AvgIpc) is 2.38. The third-order valence-electron chi connectivity index (χ3n) is 2.56. The lowest BCUT2D eigenvalue weighted by molar-refractivity contribution is -0.116. The molecule has 1 amide bonds. The van der Waals surface area contributed by atoms with E-state index in [1.54, 1.807) is 0 Å². The second-order valence-corrected chi connectivity index (χ2v) is 4.86. The molecule has 1 aromatic carbocycles. The molecule has 1 aromatic rings. The first-order valence-electron chi connectivity index (χ1n) is 5.92. The Morgan fingerprint density at radius 1 is 1.25 bits per heavy atom. The summed E-state index contributed by atoms with van der Waals surface area (Å²) in [6.45, 7) is 0. The van der Waals surface area contributed by atoms with Crippen molar-refractivity contribution in [2.75, 3.05) is 5.32 Å². The van der Waals surface area contributed by atoms with Gasteiger partial charge in [-0.15, -0.1) is 12.3 Å². The van der Waals surface area contributed by atoms with E-state index in [0.29, 0.717) is 12.8 Å². The molecule has 1 rings (SSSR count). The van der Waals surface area contributed by atoms with Crippen molar-refractivity contribution in [1.29, 1.82) is 0 Å². The Bertz CT molecular complexity index is 564. The molecule has 0 fully saturated rings. The van der Waals surface area contributed by atoms with Gasteiger partial charge in [0, 0.05) is 12.8 Å². The molecule has 6 heteroatoms. The third-order valence-corrected chi connectivity index (χ3v) is 3.19. The van der Waals surface area contributed by atoms with Gasteiger partial charge in [0.25, 0.3) is 0 Å². The van der Waals surface area contributed by atoms with E-state index in [2.05, 4.69) is 11.2 Å². The molecule has 0 bridgehead atoms. The van der Waals surface area contributed by atoms with Crippen LogP contribution in [-0.2, 0) is 4.79 Å². The zero-order valence-corrected chi connectivity index (χ0v) is 12.1. The zero-order chi connectivity index (χ0) is 15.1. The molecule has 0 heterocycles. The first-order valence-corrected chi connectivity index (χ1v) is 6.67. The lowest BCUT2D eigenvalue weighted by atomic mass is 10.1. The number of unbranched alkanes of at least 4 members (excludes halogenated alkanes) is 2. The van der Waals surface area contributed by atoms with Gasteiger partial charge in [-0.1, -0.05) is 23.2 Å². The monoisotopic (exact) mass is 313 g/mol. The van der Waals surface area contributed by atoms with Crippen molar-refractivity contribution in [2.24, 2.45) is 0 Å². The number of anilines is 1. The van der Waals surface area contributed by atoms with Gasteiger partial charge >= 0.3 is 5.97 Å². The summed E-state index contributed by atoms with van der Waals surface area (Å²) in [7, 11) is 0. The number of hydrogen-bond acceptors (Lipinski definition) is 2. The number of amides is 1. The van der Waals surface area contributed by atoms with Crippen molar-refractivity contribution in [2.45, 2.75) is 25.7 Å². The lowest BCUT2D eigenvalue weighted by Gasteiger charge is -2.11. The number of carboxylic acids is 1. The molecule has 0 saturated heterocycles. The van der Waals surface area contributed by atoms with Crippen molar-refractivity contribution in [1.82, 2.24) is 0 Å². The fraction of sp³-hybridized carbons (Fsp3) is 0.286. The van der Waals surface area contributed by atoms with E-state index >= 15 is 0 Å². The van der Waals surface area contributed by atoms with Crippen LogP contribution < -0.4 is 5.32 Å². The van der Waals surface area contributed by atoms with E-state index in [-0.39, 0.29) is 33.6 Å². The Labute approximate surface area is 127 Å². The van der Waals surface area contributed by atoms with Crippen LogP contribution in [0.3, 0.4) is 0 Å². The Kier molecular flexibility index (Phi) is 6.37. The first-order chi connectivity index (χ1) is 9.47. The molecule has 0 unspecified atom stereocenters. The van der Waals surface area contributed by atoms with Gasteiger partial charge in [-0.05, 0) is 25.0 Å². The summed E-state index contributed by atoms with van der Waals surface area (Å²) in [6, 6.07) is 2.81. The largest absolute Gasteiger partial charge is 0.478 e. The fourth-order valence-electron chi connectivity index (χ4n) is 1.60. The number of halogens is 2. The van der Waals surface area contributed by atoms with Crippen LogP contribution >= 0.6 is 23.2 Å². The number of carbonyl (C=O) groups excluding carboxylic acids is 1. The molecular formula is C14H13Cl2NO3. The summed E-state index contributed by atoms with van der Waals surface area (Å²) < 4.78 is 0. The summed E-state index contributed by atoms with van der Waals surface area (Å²) in [6.07, 6.45) is 7.31. The molecular weight excluding hydrogens is 301 g/mol. The van der Waals surface area contributed by atoms with Crippen molar-refractivity contribution >= 4 is 40.8 Å². The lowest BCUT2D eigenvalue weighted by Crippen LogP contribution is -2.15.